The van der Waals surface area contributed by atoms with Crippen LogP contribution in [0.15, 0.2) is 24.3 Å². The van der Waals surface area contributed by atoms with Gasteiger partial charge >= 0.3 is 0 Å². The van der Waals surface area contributed by atoms with Gasteiger partial charge in [0.05, 0.1) is 0 Å². The van der Waals surface area contributed by atoms with Crippen LogP contribution < -0.4 is 5.32 Å². The molecule has 0 amide bonds. The minimum Gasteiger partial charge on any atom is -0.307 e. The fourth-order valence-electron chi connectivity index (χ4n) is 2.47. The zero-order chi connectivity index (χ0) is 12.3. The average molecular weight is 288 g/mol. The summed E-state index contributed by atoms with van der Waals surface area (Å²) in [6, 6.07) is 8.34. The molecule has 0 radical (unpaired) electrons. The van der Waals surface area contributed by atoms with Crippen molar-refractivity contribution < 1.29 is 0 Å². The van der Waals surface area contributed by atoms with Gasteiger partial charge in [-0.1, -0.05) is 37.6 Å². The maximum absolute atomic E-state index is 5.95. The van der Waals surface area contributed by atoms with Crippen molar-refractivity contribution in [2.75, 3.05) is 6.54 Å². The SMILES string of the molecule is CC(C)CCNC1(c2ccc(Cl)cc2)CCC1.Cl. The van der Waals surface area contributed by atoms with Gasteiger partial charge in [0.2, 0.25) is 0 Å². The standard InChI is InChI=1S/C15H22ClN.ClH/c1-12(2)8-11-17-15(9-3-10-15)13-4-6-14(16)7-5-13;/h4-7,12,17H,3,8-11H2,1-2H3;1H. The monoisotopic (exact) mass is 287 g/mol. The molecule has 1 saturated carbocycles. The zero-order valence-corrected chi connectivity index (χ0v) is 12.8. The van der Waals surface area contributed by atoms with Crippen LogP contribution in [0.1, 0.15) is 45.1 Å². The molecule has 1 N–H and O–H groups in total. The Labute approximate surface area is 122 Å². The van der Waals surface area contributed by atoms with Crippen LogP contribution >= 0.6 is 24.0 Å². The summed E-state index contributed by atoms with van der Waals surface area (Å²) in [5.74, 6) is 0.768. The first-order chi connectivity index (χ1) is 8.12. The molecule has 0 saturated heterocycles. The molecule has 1 aliphatic rings. The van der Waals surface area contributed by atoms with Crippen molar-refractivity contribution >= 4 is 24.0 Å². The zero-order valence-electron chi connectivity index (χ0n) is 11.2. The van der Waals surface area contributed by atoms with Crippen LogP contribution in [0.5, 0.6) is 0 Å². The Kier molecular flexibility index (Phi) is 5.97. The number of benzene rings is 1. The first-order valence-corrected chi connectivity index (χ1v) is 7.01. The third-order valence-corrected chi connectivity index (χ3v) is 4.04. The van der Waals surface area contributed by atoms with Crippen LogP contribution in [0.2, 0.25) is 5.02 Å². The molecule has 18 heavy (non-hydrogen) atoms. The molecule has 0 aromatic heterocycles. The summed E-state index contributed by atoms with van der Waals surface area (Å²) < 4.78 is 0. The molecule has 1 aromatic rings. The first-order valence-electron chi connectivity index (χ1n) is 6.63. The molecule has 1 aromatic carbocycles. The van der Waals surface area contributed by atoms with Gasteiger partial charge in [-0.15, -0.1) is 12.4 Å². The summed E-state index contributed by atoms with van der Waals surface area (Å²) in [5.41, 5.74) is 1.64. The number of rotatable bonds is 5. The molecule has 102 valence electrons. The highest BCUT2D eigenvalue weighted by Gasteiger charge is 2.37. The highest BCUT2D eigenvalue weighted by atomic mass is 35.5. The van der Waals surface area contributed by atoms with Gasteiger partial charge in [-0.3, -0.25) is 0 Å². The Morgan fingerprint density at radius 3 is 2.28 bits per heavy atom. The Bertz CT molecular complexity index is 355. The molecule has 0 unspecified atom stereocenters. The van der Waals surface area contributed by atoms with Crippen LogP contribution in [0.3, 0.4) is 0 Å². The molecule has 0 spiro atoms. The van der Waals surface area contributed by atoms with Crippen molar-refractivity contribution in [2.24, 2.45) is 5.92 Å². The van der Waals surface area contributed by atoms with Gasteiger partial charge in [0.15, 0.2) is 0 Å². The summed E-state index contributed by atoms with van der Waals surface area (Å²) in [4.78, 5) is 0. The van der Waals surface area contributed by atoms with Gasteiger partial charge < -0.3 is 5.32 Å². The highest BCUT2D eigenvalue weighted by molar-refractivity contribution is 6.30. The minimum absolute atomic E-state index is 0. The van der Waals surface area contributed by atoms with Gasteiger partial charge in [-0.05, 0) is 55.8 Å². The minimum atomic E-state index is 0. The van der Waals surface area contributed by atoms with E-state index in [1.165, 1.54) is 31.2 Å². The van der Waals surface area contributed by atoms with Gasteiger partial charge in [-0.25, -0.2) is 0 Å². The fourth-order valence-corrected chi connectivity index (χ4v) is 2.59. The van der Waals surface area contributed by atoms with Crippen molar-refractivity contribution in [1.29, 1.82) is 0 Å². The number of halogens is 2. The molecular formula is C15H23Cl2N. The maximum Gasteiger partial charge on any atom is 0.0434 e. The van der Waals surface area contributed by atoms with Crippen molar-refractivity contribution in [3.8, 4) is 0 Å². The van der Waals surface area contributed by atoms with Gasteiger partial charge in [0, 0.05) is 10.6 Å². The highest BCUT2D eigenvalue weighted by Crippen LogP contribution is 2.41. The Morgan fingerprint density at radius 1 is 1.22 bits per heavy atom. The molecule has 2 rings (SSSR count). The Hall–Kier alpha value is -0.240. The predicted molar refractivity (Wildman–Crippen MR) is 81.7 cm³/mol. The van der Waals surface area contributed by atoms with Gasteiger partial charge in [0.25, 0.3) is 0 Å². The van der Waals surface area contributed by atoms with E-state index in [-0.39, 0.29) is 17.9 Å². The van der Waals surface area contributed by atoms with Crippen LogP contribution in [-0.4, -0.2) is 6.54 Å². The molecule has 0 bridgehead atoms. The largest absolute Gasteiger partial charge is 0.307 e. The summed E-state index contributed by atoms with van der Waals surface area (Å²) >= 11 is 5.95. The van der Waals surface area contributed by atoms with E-state index in [0.29, 0.717) is 0 Å². The summed E-state index contributed by atoms with van der Waals surface area (Å²) in [6.45, 7) is 5.66. The molecule has 3 heteroatoms. The molecule has 1 nitrogen and oxygen atoms in total. The summed E-state index contributed by atoms with van der Waals surface area (Å²) in [5, 5.41) is 4.58. The molecule has 0 heterocycles. The van der Waals surface area contributed by atoms with E-state index in [0.717, 1.165) is 17.5 Å². The van der Waals surface area contributed by atoms with Crippen molar-refractivity contribution in [1.82, 2.24) is 5.32 Å². The Morgan fingerprint density at radius 2 is 1.83 bits per heavy atom. The lowest BCUT2D eigenvalue weighted by Gasteiger charge is -2.43. The molecule has 1 fully saturated rings. The van der Waals surface area contributed by atoms with Crippen LogP contribution in [0.25, 0.3) is 0 Å². The van der Waals surface area contributed by atoms with Crippen molar-refractivity contribution in [2.45, 2.75) is 45.1 Å². The van der Waals surface area contributed by atoms with E-state index >= 15 is 0 Å². The van der Waals surface area contributed by atoms with E-state index < -0.39 is 0 Å². The molecular weight excluding hydrogens is 265 g/mol. The lowest BCUT2D eigenvalue weighted by Crippen LogP contribution is -2.48. The first kappa shape index (κ1) is 15.8. The number of hydrogen-bond acceptors (Lipinski definition) is 1. The topological polar surface area (TPSA) is 12.0 Å². The third kappa shape index (κ3) is 3.63. The van der Waals surface area contributed by atoms with E-state index in [4.69, 9.17) is 11.6 Å². The third-order valence-electron chi connectivity index (χ3n) is 3.79. The van der Waals surface area contributed by atoms with Gasteiger partial charge in [-0.2, -0.15) is 0 Å². The summed E-state index contributed by atoms with van der Waals surface area (Å²) in [7, 11) is 0. The fraction of sp³-hybridized carbons (Fsp3) is 0.600. The van der Waals surface area contributed by atoms with E-state index in [9.17, 15) is 0 Å². The predicted octanol–water partition coefficient (Wildman–Crippen LogP) is 4.78. The number of nitrogens with one attached hydrogen (secondary N) is 1. The van der Waals surface area contributed by atoms with E-state index in [2.05, 4.69) is 31.3 Å². The number of hydrogen-bond donors (Lipinski definition) is 1. The molecule has 0 atom stereocenters. The van der Waals surface area contributed by atoms with Crippen molar-refractivity contribution in [3.05, 3.63) is 34.9 Å². The summed E-state index contributed by atoms with van der Waals surface area (Å²) in [6.07, 6.45) is 5.09. The van der Waals surface area contributed by atoms with E-state index in [1.54, 1.807) is 0 Å². The van der Waals surface area contributed by atoms with Crippen LogP contribution in [-0.2, 0) is 5.54 Å². The van der Waals surface area contributed by atoms with Crippen LogP contribution in [0, 0.1) is 5.92 Å². The lowest BCUT2D eigenvalue weighted by atomic mass is 9.71. The maximum atomic E-state index is 5.95. The normalized spacial score (nSPS) is 17.1. The molecule has 0 aliphatic heterocycles. The van der Waals surface area contributed by atoms with Gasteiger partial charge in [0.1, 0.15) is 0 Å². The second-order valence-corrected chi connectivity index (χ2v) is 5.99. The second-order valence-electron chi connectivity index (χ2n) is 5.55. The average Bonchev–Trinajstić information content (AvgIpc) is 2.23. The molecule has 1 aliphatic carbocycles. The van der Waals surface area contributed by atoms with Crippen LogP contribution in [0.4, 0.5) is 0 Å². The lowest BCUT2D eigenvalue weighted by molar-refractivity contribution is 0.183. The van der Waals surface area contributed by atoms with E-state index in [1.807, 2.05) is 12.1 Å². The smallest absolute Gasteiger partial charge is 0.0434 e. The quantitative estimate of drug-likeness (QED) is 0.822. The Balaban J connectivity index is 0.00000162. The second kappa shape index (κ2) is 6.79. The van der Waals surface area contributed by atoms with Crippen molar-refractivity contribution in [3.63, 3.8) is 0 Å².